The number of carbonyl (C=O) groups excluding carboxylic acids is 1. The zero-order valence-corrected chi connectivity index (χ0v) is 12.7. The molecule has 0 aromatic heterocycles. The van der Waals surface area contributed by atoms with Crippen LogP contribution in [0.1, 0.15) is 44.9 Å². The van der Waals surface area contributed by atoms with E-state index in [1.54, 1.807) is 0 Å². The predicted molar refractivity (Wildman–Crippen MR) is 78.5 cm³/mol. The number of hydrogen-bond acceptors (Lipinski definition) is 3. The van der Waals surface area contributed by atoms with Gasteiger partial charge in [-0.15, -0.1) is 0 Å². The molecule has 0 radical (unpaired) electrons. The molecule has 0 aromatic rings. The van der Waals surface area contributed by atoms with Crippen molar-refractivity contribution in [2.75, 3.05) is 19.8 Å². The van der Waals surface area contributed by atoms with E-state index < -0.39 is 5.54 Å². The fraction of sp³-hybridized carbons (Fsp3) is 0.941. The van der Waals surface area contributed by atoms with Crippen molar-refractivity contribution in [3.05, 3.63) is 0 Å². The minimum atomic E-state index is -0.427. The van der Waals surface area contributed by atoms with Crippen LogP contribution < -0.4 is 5.32 Å². The predicted octanol–water partition coefficient (Wildman–Crippen LogP) is 1.72. The topological polar surface area (TPSA) is 58.6 Å². The molecule has 4 heteroatoms. The minimum absolute atomic E-state index is 0.0371. The van der Waals surface area contributed by atoms with E-state index in [2.05, 4.69) is 5.32 Å². The molecule has 1 saturated heterocycles. The third-order valence-electron chi connectivity index (χ3n) is 6.67. The van der Waals surface area contributed by atoms with Gasteiger partial charge in [0.15, 0.2) is 0 Å². The SMILES string of the molecule is O=C(NC1(CO)CCOCC1)C1C2CC3CC(C2)CC1C3. The highest BCUT2D eigenvalue weighted by atomic mass is 16.5. The molecule has 4 bridgehead atoms. The average molecular weight is 293 g/mol. The zero-order chi connectivity index (χ0) is 14.4. The lowest BCUT2D eigenvalue weighted by molar-refractivity contribution is -0.142. The lowest BCUT2D eigenvalue weighted by Crippen LogP contribution is -2.59. The van der Waals surface area contributed by atoms with Gasteiger partial charge in [-0.3, -0.25) is 4.79 Å². The van der Waals surface area contributed by atoms with Crippen LogP contribution in [0.2, 0.25) is 0 Å². The van der Waals surface area contributed by atoms with Crippen LogP contribution in [-0.2, 0) is 9.53 Å². The van der Waals surface area contributed by atoms with E-state index >= 15 is 0 Å². The minimum Gasteiger partial charge on any atom is -0.394 e. The molecule has 0 unspecified atom stereocenters. The molecule has 0 atom stereocenters. The Labute approximate surface area is 126 Å². The summed E-state index contributed by atoms with van der Waals surface area (Å²) in [7, 11) is 0. The van der Waals surface area contributed by atoms with Crippen LogP contribution in [0, 0.1) is 29.6 Å². The van der Waals surface area contributed by atoms with Crippen molar-refractivity contribution >= 4 is 5.91 Å². The number of ether oxygens (including phenoxy) is 1. The molecule has 1 aliphatic heterocycles. The van der Waals surface area contributed by atoms with Gasteiger partial charge in [-0.25, -0.2) is 0 Å². The highest BCUT2D eigenvalue weighted by Gasteiger charge is 2.51. The van der Waals surface area contributed by atoms with Crippen LogP contribution in [0.25, 0.3) is 0 Å². The molecule has 4 nitrogen and oxygen atoms in total. The van der Waals surface area contributed by atoms with Gasteiger partial charge in [0, 0.05) is 19.1 Å². The van der Waals surface area contributed by atoms with Gasteiger partial charge in [0.05, 0.1) is 12.1 Å². The number of aliphatic hydroxyl groups excluding tert-OH is 1. The Kier molecular flexibility index (Phi) is 3.49. The number of aliphatic hydroxyl groups is 1. The maximum absolute atomic E-state index is 12.9. The standard InChI is InChI=1S/C17H27NO3/c19-10-17(1-3-21-4-2-17)18-16(20)15-13-6-11-5-12(8-13)9-14(15)7-11/h11-15,19H,1-10H2,(H,18,20). The van der Waals surface area contributed by atoms with Crippen LogP contribution in [-0.4, -0.2) is 36.4 Å². The van der Waals surface area contributed by atoms with Crippen molar-refractivity contribution in [3.8, 4) is 0 Å². The van der Waals surface area contributed by atoms with Gasteiger partial charge in [-0.1, -0.05) is 0 Å². The largest absolute Gasteiger partial charge is 0.394 e. The Morgan fingerprint density at radius 2 is 1.62 bits per heavy atom. The van der Waals surface area contributed by atoms with Gasteiger partial charge in [-0.05, 0) is 68.6 Å². The van der Waals surface area contributed by atoms with E-state index in [1.807, 2.05) is 0 Å². The number of amides is 1. The first kappa shape index (κ1) is 14.0. The van der Waals surface area contributed by atoms with Crippen molar-refractivity contribution in [2.45, 2.75) is 50.5 Å². The van der Waals surface area contributed by atoms with Gasteiger partial charge in [0.1, 0.15) is 0 Å². The summed E-state index contributed by atoms with van der Waals surface area (Å²) in [6.07, 6.45) is 7.95. The second kappa shape index (κ2) is 5.24. The second-order valence-corrected chi connectivity index (χ2v) is 8.00. The molecule has 1 amide bonds. The van der Waals surface area contributed by atoms with E-state index in [1.165, 1.54) is 32.1 Å². The number of nitrogens with one attached hydrogen (secondary N) is 1. The third kappa shape index (κ3) is 2.40. The average Bonchev–Trinajstić information content (AvgIpc) is 2.47. The monoisotopic (exact) mass is 293 g/mol. The Morgan fingerprint density at radius 1 is 1.05 bits per heavy atom. The number of carbonyl (C=O) groups is 1. The Balaban J connectivity index is 1.47. The van der Waals surface area contributed by atoms with Gasteiger partial charge in [-0.2, -0.15) is 0 Å². The lowest BCUT2D eigenvalue weighted by atomic mass is 9.51. The number of rotatable bonds is 3. The summed E-state index contributed by atoms with van der Waals surface area (Å²) < 4.78 is 5.39. The molecule has 2 N–H and O–H groups in total. The third-order valence-corrected chi connectivity index (χ3v) is 6.67. The fourth-order valence-electron chi connectivity index (χ4n) is 5.78. The summed E-state index contributed by atoms with van der Waals surface area (Å²) in [5.41, 5.74) is -0.427. The van der Waals surface area contributed by atoms with E-state index in [0.717, 1.165) is 24.7 Å². The molecule has 5 fully saturated rings. The summed E-state index contributed by atoms with van der Waals surface area (Å²) in [6, 6.07) is 0. The van der Waals surface area contributed by atoms with Crippen LogP contribution >= 0.6 is 0 Å². The fourth-order valence-corrected chi connectivity index (χ4v) is 5.78. The number of hydrogen-bond donors (Lipinski definition) is 2. The molecule has 5 aliphatic rings. The Bertz CT molecular complexity index is 388. The van der Waals surface area contributed by atoms with Gasteiger partial charge >= 0.3 is 0 Å². The molecule has 21 heavy (non-hydrogen) atoms. The van der Waals surface area contributed by atoms with Crippen LogP contribution in [0.5, 0.6) is 0 Å². The summed E-state index contributed by atoms with van der Waals surface area (Å²) >= 11 is 0. The van der Waals surface area contributed by atoms with Crippen molar-refractivity contribution in [1.82, 2.24) is 5.32 Å². The van der Waals surface area contributed by atoms with E-state index in [-0.39, 0.29) is 18.4 Å². The normalized spacial score (nSPS) is 43.8. The summed E-state index contributed by atoms with van der Waals surface area (Å²) in [6.45, 7) is 1.32. The molecular weight excluding hydrogens is 266 g/mol. The van der Waals surface area contributed by atoms with Crippen molar-refractivity contribution in [3.63, 3.8) is 0 Å². The first-order valence-electron chi connectivity index (χ1n) is 8.70. The lowest BCUT2D eigenvalue weighted by Gasteiger charge is -2.54. The summed E-state index contributed by atoms with van der Waals surface area (Å²) in [5, 5.41) is 13.0. The van der Waals surface area contributed by atoms with Crippen LogP contribution in [0.4, 0.5) is 0 Å². The molecule has 5 rings (SSSR count). The molecule has 0 aromatic carbocycles. The zero-order valence-electron chi connectivity index (χ0n) is 12.7. The van der Waals surface area contributed by atoms with Crippen LogP contribution in [0.3, 0.4) is 0 Å². The molecule has 4 saturated carbocycles. The molecule has 118 valence electrons. The van der Waals surface area contributed by atoms with Gasteiger partial charge in [0.25, 0.3) is 0 Å². The van der Waals surface area contributed by atoms with Crippen LogP contribution in [0.15, 0.2) is 0 Å². The first-order valence-corrected chi connectivity index (χ1v) is 8.70. The van der Waals surface area contributed by atoms with Crippen molar-refractivity contribution < 1.29 is 14.6 Å². The smallest absolute Gasteiger partial charge is 0.224 e. The van der Waals surface area contributed by atoms with Crippen molar-refractivity contribution in [2.24, 2.45) is 29.6 Å². The summed E-state index contributed by atoms with van der Waals surface area (Å²) in [5.74, 6) is 3.44. The second-order valence-electron chi connectivity index (χ2n) is 8.00. The molecule has 1 heterocycles. The van der Waals surface area contributed by atoms with Crippen molar-refractivity contribution in [1.29, 1.82) is 0 Å². The summed E-state index contributed by atoms with van der Waals surface area (Å²) in [4.78, 5) is 12.9. The van der Waals surface area contributed by atoms with E-state index in [0.29, 0.717) is 25.0 Å². The Hall–Kier alpha value is -0.610. The Morgan fingerprint density at radius 3 is 2.14 bits per heavy atom. The maximum atomic E-state index is 12.9. The van der Waals surface area contributed by atoms with Gasteiger partial charge < -0.3 is 15.2 Å². The molecule has 0 spiro atoms. The van der Waals surface area contributed by atoms with E-state index in [9.17, 15) is 9.90 Å². The van der Waals surface area contributed by atoms with Gasteiger partial charge in [0.2, 0.25) is 5.91 Å². The quantitative estimate of drug-likeness (QED) is 0.833. The van der Waals surface area contributed by atoms with E-state index in [4.69, 9.17) is 4.74 Å². The molecule has 4 aliphatic carbocycles. The highest BCUT2D eigenvalue weighted by molar-refractivity contribution is 5.80. The molecular formula is C17H27NO3. The maximum Gasteiger partial charge on any atom is 0.224 e. The highest BCUT2D eigenvalue weighted by Crippen LogP contribution is 2.56. The first-order chi connectivity index (χ1) is 10.2.